The van der Waals surface area contributed by atoms with E-state index in [0.717, 1.165) is 96.5 Å². The molecule has 3 aliphatic heterocycles. The lowest BCUT2D eigenvalue weighted by atomic mass is 9.81. The third kappa shape index (κ3) is 6.07. The molecular weight excluding hydrogens is 689 g/mol. The third-order valence-electron chi connectivity index (χ3n) is 12.1. The highest BCUT2D eigenvalue weighted by Gasteiger charge is 2.45. The fraction of sp³-hybridized carbons (Fsp3) is 0.488. The van der Waals surface area contributed by atoms with Crippen LogP contribution in [0.15, 0.2) is 42.6 Å². The number of aryl methyl sites for hydroxylation is 1. The van der Waals surface area contributed by atoms with Gasteiger partial charge in [0.25, 0.3) is 11.8 Å². The minimum Gasteiger partial charge on any atom is -0.497 e. The molecule has 11 nitrogen and oxygen atoms in total. The molecule has 4 aliphatic rings. The lowest BCUT2D eigenvalue weighted by Gasteiger charge is -2.33. The maximum Gasteiger partial charge on any atom is 0.264 e. The van der Waals surface area contributed by atoms with Crippen LogP contribution in [0.25, 0.3) is 33.8 Å². The Labute approximate surface area is 312 Å². The second-order valence-electron chi connectivity index (χ2n) is 15.4. The number of allylic oxidation sites excluding steroid dienone is 1. The average Bonchev–Trinajstić information content (AvgIpc) is 3.93. The van der Waals surface area contributed by atoms with E-state index in [1.54, 1.807) is 33.2 Å². The number of ether oxygens (including phenoxy) is 1. The zero-order valence-corrected chi connectivity index (χ0v) is 32.2. The molecule has 2 bridgehead atoms. The summed E-state index contributed by atoms with van der Waals surface area (Å²) in [5.41, 5.74) is 7.87. The van der Waals surface area contributed by atoms with Gasteiger partial charge in [-0.25, -0.2) is 13.1 Å². The van der Waals surface area contributed by atoms with Crippen LogP contribution >= 0.6 is 0 Å². The molecule has 2 atom stereocenters. The SMILES string of the molecule is CCN1C[C@H]2C[C@@H]1CN2C(=O)c1cnn(CC)c1C1=Cc2cc(OC)ccc2-c2c(C3CCCCC3)c3ccc(C(=O)NS(=O)(=O)C(C)C)cc3n2C1. The van der Waals surface area contributed by atoms with Gasteiger partial charge < -0.3 is 14.2 Å². The van der Waals surface area contributed by atoms with Crippen LogP contribution < -0.4 is 9.46 Å². The molecular formula is C41H50N6O5S. The first-order valence-electron chi connectivity index (χ1n) is 19.2. The Kier molecular flexibility index (Phi) is 9.25. The Morgan fingerprint density at radius 2 is 1.77 bits per heavy atom. The second kappa shape index (κ2) is 13.8. The van der Waals surface area contributed by atoms with Crippen LogP contribution in [0.3, 0.4) is 0 Å². The van der Waals surface area contributed by atoms with Gasteiger partial charge in [-0.1, -0.05) is 32.3 Å². The van der Waals surface area contributed by atoms with E-state index in [0.29, 0.717) is 30.6 Å². The first-order chi connectivity index (χ1) is 25.5. The van der Waals surface area contributed by atoms with E-state index in [1.165, 1.54) is 12.0 Å². The van der Waals surface area contributed by atoms with Crippen molar-refractivity contribution in [2.75, 3.05) is 26.7 Å². The van der Waals surface area contributed by atoms with Crippen LogP contribution in [0.4, 0.5) is 0 Å². The number of nitrogens with one attached hydrogen (secondary N) is 1. The van der Waals surface area contributed by atoms with Crippen molar-refractivity contribution in [2.45, 2.75) is 103 Å². The second-order valence-corrected chi connectivity index (χ2v) is 17.6. The highest BCUT2D eigenvalue weighted by atomic mass is 32.2. The number of nitrogens with zero attached hydrogens (tertiary/aromatic N) is 5. The Morgan fingerprint density at radius 1 is 0.981 bits per heavy atom. The number of carbonyl (C=O) groups excluding carboxylic acids is 2. The Hall–Kier alpha value is -4.42. The normalized spacial score (nSPS) is 20.4. The molecule has 53 heavy (non-hydrogen) atoms. The van der Waals surface area contributed by atoms with Gasteiger partial charge in [0, 0.05) is 53.7 Å². The predicted molar refractivity (Wildman–Crippen MR) is 208 cm³/mol. The summed E-state index contributed by atoms with van der Waals surface area (Å²) >= 11 is 0. The molecule has 0 radical (unpaired) electrons. The number of likely N-dealkylation sites (tertiary alicyclic amines) is 2. The minimum atomic E-state index is -3.83. The molecule has 0 spiro atoms. The van der Waals surface area contributed by atoms with Gasteiger partial charge in [0.1, 0.15) is 5.75 Å². The zero-order valence-electron chi connectivity index (χ0n) is 31.4. The number of piperazine rings is 1. The van der Waals surface area contributed by atoms with Crippen molar-refractivity contribution in [2.24, 2.45) is 0 Å². The van der Waals surface area contributed by atoms with Gasteiger partial charge >= 0.3 is 0 Å². The molecule has 1 aliphatic carbocycles. The number of likely N-dealkylation sites (N-methyl/N-ethyl adjacent to an activating group) is 1. The number of sulfonamides is 1. The van der Waals surface area contributed by atoms with Gasteiger partial charge in [0.15, 0.2) is 0 Å². The van der Waals surface area contributed by atoms with Crippen LogP contribution in [0.1, 0.15) is 110 Å². The summed E-state index contributed by atoms with van der Waals surface area (Å²) in [4.78, 5) is 32.6. The van der Waals surface area contributed by atoms with E-state index < -0.39 is 21.2 Å². The fourth-order valence-corrected chi connectivity index (χ4v) is 9.90. The number of methoxy groups -OCH3 is 1. The summed E-state index contributed by atoms with van der Waals surface area (Å²) in [5, 5.41) is 5.08. The van der Waals surface area contributed by atoms with Crippen molar-refractivity contribution in [1.82, 2.24) is 28.9 Å². The molecule has 3 fully saturated rings. The van der Waals surface area contributed by atoms with E-state index in [9.17, 15) is 18.0 Å². The average molecular weight is 739 g/mol. The summed E-state index contributed by atoms with van der Waals surface area (Å²) in [6.07, 6.45) is 10.6. The van der Waals surface area contributed by atoms with Gasteiger partial charge in [-0.2, -0.15) is 5.10 Å². The number of rotatable bonds is 9. The molecule has 2 aromatic heterocycles. The first-order valence-corrected chi connectivity index (χ1v) is 20.8. The minimum absolute atomic E-state index is 0.0183. The van der Waals surface area contributed by atoms with Crippen molar-refractivity contribution < 1.29 is 22.7 Å². The monoisotopic (exact) mass is 738 g/mol. The summed E-state index contributed by atoms with van der Waals surface area (Å²) in [7, 11) is -2.16. The lowest BCUT2D eigenvalue weighted by molar-refractivity contribution is 0.0630. The largest absolute Gasteiger partial charge is 0.497 e. The van der Waals surface area contributed by atoms with E-state index in [1.807, 2.05) is 29.8 Å². The number of benzene rings is 2. The van der Waals surface area contributed by atoms with Crippen molar-refractivity contribution in [1.29, 1.82) is 0 Å². The van der Waals surface area contributed by atoms with E-state index in [2.05, 4.69) is 44.2 Å². The molecule has 8 rings (SSSR count). The lowest BCUT2D eigenvalue weighted by Crippen LogP contribution is -2.48. The van der Waals surface area contributed by atoms with Crippen molar-refractivity contribution in [3.05, 3.63) is 70.5 Å². The van der Waals surface area contributed by atoms with Crippen LogP contribution in [-0.2, 0) is 23.1 Å². The van der Waals surface area contributed by atoms with Crippen molar-refractivity contribution >= 4 is 44.4 Å². The van der Waals surface area contributed by atoms with Crippen molar-refractivity contribution in [3.8, 4) is 17.0 Å². The van der Waals surface area contributed by atoms with E-state index >= 15 is 0 Å². The summed E-state index contributed by atoms with van der Waals surface area (Å²) < 4.78 is 37.7. The standard InChI is InChI=1S/C41H50N6O5S/c1-6-44-23-31-20-30(44)24-45(31)41(49)35-21-42-47(7-2)38(35)29-17-28-18-32(52-5)14-16-33(28)39-37(26-11-9-8-10-12-26)34-15-13-27(19-36(34)46(39)22-29)40(48)43-53(50,51)25(3)4/h13-19,21,25-26,30-31H,6-12,20,22-24H2,1-5H3,(H,43,48)/t30-,31-/m1/s1. The van der Waals surface area contributed by atoms with Gasteiger partial charge in [-0.3, -0.25) is 19.2 Å². The molecule has 2 saturated heterocycles. The van der Waals surface area contributed by atoms with Crippen LogP contribution in [0.2, 0.25) is 0 Å². The summed E-state index contributed by atoms with van der Waals surface area (Å²) in [6, 6.07) is 12.4. The number of hydrogen-bond donors (Lipinski definition) is 1. The molecule has 2 aromatic carbocycles. The van der Waals surface area contributed by atoms with Crippen LogP contribution in [-0.4, -0.2) is 88.5 Å². The predicted octanol–water partition coefficient (Wildman–Crippen LogP) is 6.52. The number of carbonyl (C=O) groups is 2. The Morgan fingerprint density at radius 3 is 2.45 bits per heavy atom. The molecule has 12 heteroatoms. The fourth-order valence-electron chi connectivity index (χ4n) is 9.29. The quantitative estimate of drug-likeness (QED) is 0.208. The Balaban J connectivity index is 1.31. The van der Waals surface area contributed by atoms with E-state index in [-0.39, 0.29) is 17.5 Å². The van der Waals surface area contributed by atoms with Gasteiger partial charge in [0.2, 0.25) is 10.0 Å². The summed E-state index contributed by atoms with van der Waals surface area (Å²) in [5.74, 6) is 0.432. The molecule has 5 heterocycles. The van der Waals surface area contributed by atoms with Crippen molar-refractivity contribution in [3.63, 3.8) is 0 Å². The number of aromatic nitrogens is 3. The smallest absolute Gasteiger partial charge is 0.264 e. The third-order valence-corrected chi connectivity index (χ3v) is 13.8. The van der Waals surface area contributed by atoms with Gasteiger partial charge in [0.05, 0.1) is 42.1 Å². The highest BCUT2D eigenvalue weighted by molar-refractivity contribution is 7.90. The summed E-state index contributed by atoms with van der Waals surface area (Å²) in [6.45, 7) is 11.0. The zero-order chi connectivity index (χ0) is 37.2. The number of amides is 2. The van der Waals surface area contributed by atoms with Crippen LogP contribution in [0.5, 0.6) is 5.75 Å². The van der Waals surface area contributed by atoms with Gasteiger partial charge in [-0.15, -0.1) is 0 Å². The number of hydrogen-bond acceptors (Lipinski definition) is 7. The topological polar surface area (TPSA) is 119 Å². The molecule has 1 N–H and O–H groups in total. The molecule has 4 aromatic rings. The molecule has 2 amide bonds. The molecule has 280 valence electrons. The molecule has 1 saturated carbocycles. The maximum atomic E-state index is 14.5. The first kappa shape index (κ1) is 35.6. The van der Waals surface area contributed by atoms with Gasteiger partial charge in [-0.05, 0) is 106 Å². The molecule has 0 unspecified atom stereocenters. The van der Waals surface area contributed by atoms with Crippen LogP contribution in [0, 0.1) is 0 Å². The number of fused-ring (bicyclic) bond motifs is 7. The Bertz CT molecular complexity index is 2250. The van der Waals surface area contributed by atoms with E-state index in [4.69, 9.17) is 9.84 Å². The highest BCUT2D eigenvalue weighted by Crippen LogP contribution is 2.48. The maximum absolute atomic E-state index is 14.5.